The van der Waals surface area contributed by atoms with Gasteiger partial charge in [0.1, 0.15) is 24.1 Å². The summed E-state index contributed by atoms with van der Waals surface area (Å²) in [5.41, 5.74) is 1.12. The lowest BCUT2D eigenvalue weighted by Crippen LogP contribution is -2.52. The van der Waals surface area contributed by atoms with E-state index in [4.69, 9.17) is 9.47 Å². The normalized spacial score (nSPS) is 14.2. The molecule has 42 heavy (non-hydrogen) atoms. The number of sulfonamides is 1. The van der Waals surface area contributed by atoms with Crippen LogP contribution < -0.4 is 19.1 Å². The molecule has 1 fully saturated rings. The number of anilines is 1. The molecule has 1 atom stereocenters. The molecular formula is C32H39N3O6S. The molecule has 3 aromatic rings. The molecule has 0 bridgehead atoms. The van der Waals surface area contributed by atoms with Crippen LogP contribution in [0, 0.1) is 0 Å². The van der Waals surface area contributed by atoms with Crippen molar-refractivity contribution in [2.75, 3.05) is 24.6 Å². The number of ether oxygens (including phenoxy) is 2. The number of benzene rings is 3. The standard InChI is InChI=1S/C32H39N3O6S/c1-4-41-29-18-20-30(21-19-29)42(38,39)35(27-12-6-5-7-13-27)23-31(36)34(22-25-14-16-28(40-3)17-15-25)24(2)32(37)33-26-10-8-9-11-26/h5-7,12-21,24,26H,4,8-11,22-23H2,1-3H3,(H,33,37). The third-order valence-corrected chi connectivity index (χ3v) is 9.21. The van der Waals surface area contributed by atoms with Gasteiger partial charge < -0.3 is 19.7 Å². The first-order valence-corrected chi connectivity index (χ1v) is 15.7. The van der Waals surface area contributed by atoms with Crippen LogP contribution in [0.5, 0.6) is 11.5 Å². The Balaban J connectivity index is 1.65. The first-order valence-electron chi connectivity index (χ1n) is 14.3. The molecule has 10 heteroatoms. The van der Waals surface area contributed by atoms with Gasteiger partial charge in [-0.2, -0.15) is 0 Å². The molecule has 1 unspecified atom stereocenters. The zero-order valence-electron chi connectivity index (χ0n) is 24.4. The summed E-state index contributed by atoms with van der Waals surface area (Å²) in [4.78, 5) is 28.8. The summed E-state index contributed by atoms with van der Waals surface area (Å²) in [6, 6.07) is 21.1. The first kappa shape index (κ1) is 30.9. The zero-order chi connectivity index (χ0) is 30.1. The van der Waals surface area contributed by atoms with Crippen LogP contribution in [0.3, 0.4) is 0 Å². The smallest absolute Gasteiger partial charge is 0.264 e. The molecule has 0 radical (unpaired) electrons. The molecule has 0 aromatic heterocycles. The van der Waals surface area contributed by atoms with Gasteiger partial charge in [0.05, 0.1) is 24.3 Å². The fourth-order valence-electron chi connectivity index (χ4n) is 5.03. The van der Waals surface area contributed by atoms with E-state index in [2.05, 4.69) is 5.32 Å². The number of rotatable bonds is 13. The molecule has 3 aromatic carbocycles. The summed E-state index contributed by atoms with van der Waals surface area (Å²) in [7, 11) is -2.57. The number of nitrogens with zero attached hydrogens (tertiary/aromatic N) is 2. The number of carbonyl (C=O) groups is 2. The maximum Gasteiger partial charge on any atom is 0.264 e. The quantitative estimate of drug-likeness (QED) is 0.306. The monoisotopic (exact) mass is 593 g/mol. The van der Waals surface area contributed by atoms with Crippen molar-refractivity contribution in [2.45, 2.75) is 63.1 Å². The molecule has 1 aliphatic rings. The van der Waals surface area contributed by atoms with E-state index in [1.807, 2.05) is 19.1 Å². The fraction of sp³-hybridized carbons (Fsp3) is 0.375. The minimum Gasteiger partial charge on any atom is -0.497 e. The maximum absolute atomic E-state index is 14.0. The highest BCUT2D eigenvalue weighted by Gasteiger charge is 2.33. The number of carbonyl (C=O) groups excluding carboxylic acids is 2. The van der Waals surface area contributed by atoms with Gasteiger partial charge in [-0.25, -0.2) is 8.42 Å². The Bertz CT molecular complexity index is 1420. The Labute approximate surface area is 248 Å². The van der Waals surface area contributed by atoms with Gasteiger partial charge in [0.2, 0.25) is 11.8 Å². The van der Waals surface area contributed by atoms with E-state index < -0.39 is 28.5 Å². The third-order valence-electron chi connectivity index (χ3n) is 7.43. The van der Waals surface area contributed by atoms with Crippen molar-refractivity contribution in [3.63, 3.8) is 0 Å². The Morgan fingerprint density at radius 1 is 0.929 bits per heavy atom. The van der Waals surface area contributed by atoms with Crippen molar-refractivity contribution in [1.29, 1.82) is 0 Å². The molecule has 9 nitrogen and oxygen atoms in total. The summed E-state index contributed by atoms with van der Waals surface area (Å²) in [5.74, 6) is 0.453. The van der Waals surface area contributed by atoms with E-state index in [1.165, 1.54) is 17.0 Å². The van der Waals surface area contributed by atoms with E-state index in [0.29, 0.717) is 23.8 Å². The Morgan fingerprint density at radius 3 is 2.14 bits per heavy atom. The van der Waals surface area contributed by atoms with E-state index in [0.717, 1.165) is 35.6 Å². The molecular weight excluding hydrogens is 554 g/mol. The van der Waals surface area contributed by atoms with Gasteiger partial charge >= 0.3 is 0 Å². The van der Waals surface area contributed by atoms with Gasteiger partial charge in [-0.05, 0) is 80.8 Å². The van der Waals surface area contributed by atoms with Crippen molar-refractivity contribution in [3.8, 4) is 11.5 Å². The lowest BCUT2D eigenvalue weighted by atomic mass is 10.1. The molecule has 1 saturated carbocycles. The highest BCUT2D eigenvalue weighted by Crippen LogP contribution is 2.26. The van der Waals surface area contributed by atoms with E-state index in [1.54, 1.807) is 68.6 Å². The predicted molar refractivity (Wildman–Crippen MR) is 162 cm³/mol. The number of para-hydroxylation sites is 1. The van der Waals surface area contributed by atoms with Crippen molar-refractivity contribution in [2.24, 2.45) is 0 Å². The number of amides is 2. The van der Waals surface area contributed by atoms with Crippen LogP contribution in [0.15, 0.2) is 83.8 Å². The van der Waals surface area contributed by atoms with E-state index in [-0.39, 0.29) is 23.4 Å². The maximum atomic E-state index is 14.0. The summed E-state index contributed by atoms with van der Waals surface area (Å²) in [5, 5.41) is 3.08. The molecule has 0 saturated heterocycles. The zero-order valence-corrected chi connectivity index (χ0v) is 25.2. The summed E-state index contributed by atoms with van der Waals surface area (Å²) < 4.78 is 39.7. The second kappa shape index (κ2) is 14.2. The van der Waals surface area contributed by atoms with Crippen LogP contribution in [-0.4, -0.2) is 57.5 Å². The lowest BCUT2D eigenvalue weighted by Gasteiger charge is -2.32. The van der Waals surface area contributed by atoms with Gasteiger partial charge in [-0.15, -0.1) is 0 Å². The fourth-order valence-corrected chi connectivity index (χ4v) is 6.44. The molecule has 224 valence electrons. The van der Waals surface area contributed by atoms with Crippen LogP contribution in [0.2, 0.25) is 0 Å². The average Bonchev–Trinajstić information content (AvgIpc) is 3.52. The van der Waals surface area contributed by atoms with Crippen molar-refractivity contribution in [1.82, 2.24) is 10.2 Å². The molecule has 1 aliphatic carbocycles. The molecule has 0 heterocycles. The second-order valence-electron chi connectivity index (χ2n) is 10.3. The number of methoxy groups -OCH3 is 1. The molecule has 0 aliphatic heterocycles. The molecule has 4 rings (SSSR count). The van der Waals surface area contributed by atoms with Crippen LogP contribution >= 0.6 is 0 Å². The second-order valence-corrected chi connectivity index (χ2v) is 12.1. The average molecular weight is 594 g/mol. The van der Waals surface area contributed by atoms with E-state index in [9.17, 15) is 18.0 Å². The largest absolute Gasteiger partial charge is 0.497 e. The molecule has 1 N–H and O–H groups in total. The number of hydrogen-bond donors (Lipinski definition) is 1. The van der Waals surface area contributed by atoms with Crippen LogP contribution in [0.1, 0.15) is 45.1 Å². The Morgan fingerprint density at radius 2 is 1.55 bits per heavy atom. The summed E-state index contributed by atoms with van der Waals surface area (Å²) >= 11 is 0. The topological polar surface area (TPSA) is 105 Å². The highest BCUT2D eigenvalue weighted by molar-refractivity contribution is 7.92. The predicted octanol–water partition coefficient (Wildman–Crippen LogP) is 4.77. The van der Waals surface area contributed by atoms with Crippen molar-refractivity contribution in [3.05, 3.63) is 84.4 Å². The summed E-state index contributed by atoms with van der Waals surface area (Å²) in [6.45, 7) is 3.61. The van der Waals surface area contributed by atoms with Crippen LogP contribution in [0.4, 0.5) is 5.69 Å². The molecule has 2 amide bonds. The van der Waals surface area contributed by atoms with Gasteiger partial charge in [-0.3, -0.25) is 13.9 Å². The van der Waals surface area contributed by atoms with Gasteiger partial charge in [0, 0.05) is 12.6 Å². The minimum atomic E-state index is -4.15. The Kier molecular flexibility index (Phi) is 10.5. The van der Waals surface area contributed by atoms with Crippen molar-refractivity contribution >= 4 is 27.5 Å². The minimum absolute atomic E-state index is 0.0244. The summed E-state index contributed by atoms with van der Waals surface area (Å²) in [6.07, 6.45) is 3.94. The lowest BCUT2D eigenvalue weighted by molar-refractivity contribution is -0.139. The van der Waals surface area contributed by atoms with Crippen LogP contribution in [0.25, 0.3) is 0 Å². The van der Waals surface area contributed by atoms with Gasteiger partial charge in [0.15, 0.2) is 0 Å². The SMILES string of the molecule is CCOc1ccc(S(=O)(=O)N(CC(=O)N(Cc2ccc(OC)cc2)C(C)C(=O)NC2CCCC2)c2ccccc2)cc1. The third kappa shape index (κ3) is 7.61. The first-order chi connectivity index (χ1) is 20.2. The van der Waals surface area contributed by atoms with Crippen LogP contribution in [-0.2, 0) is 26.2 Å². The number of nitrogens with one attached hydrogen (secondary N) is 1. The van der Waals surface area contributed by atoms with Crippen molar-refractivity contribution < 1.29 is 27.5 Å². The van der Waals surface area contributed by atoms with E-state index >= 15 is 0 Å². The highest BCUT2D eigenvalue weighted by atomic mass is 32.2. The number of hydrogen-bond acceptors (Lipinski definition) is 6. The van der Waals surface area contributed by atoms with Gasteiger partial charge in [0.25, 0.3) is 10.0 Å². The molecule has 0 spiro atoms. The Hall–Kier alpha value is -4.05. The van der Waals surface area contributed by atoms with Gasteiger partial charge in [-0.1, -0.05) is 43.2 Å².